The minimum absolute atomic E-state index is 0.0694. The molecule has 0 saturated heterocycles. The molecule has 0 saturated carbocycles. The lowest BCUT2D eigenvalue weighted by Crippen LogP contribution is -2.09. The first-order chi connectivity index (χ1) is 6.66. The lowest BCUT2D eigenvalue weighted by Gasteiger charge is -2.05. The number of hydrogen-bond donors (Lipinski definition) is 1. The van der Waals surface area contributed by atoms with Gasteiger partial charge in [-0.05, 0) is 22.0 Å². The van der Waals surface area contributed by atoms with Crippen molar-refractivity contribution in [3.05, 3.63) is 38.8 Å². The lowest BCUT2D eigenvalue weighted by molar-refractivity contribution is 0.765. The maximum absolute atomic E-state index is 6.08. The van der Waals surface area contributed by atoms with Crippen molar-refractivity contribution in [2.24, 2.45) is 12.8 Å². The molecule has 0 aliphatic heterocycles. The van der Waals surface area contributed by atoms with Crippen molar-refractivity contribution in [1.82, 2.24) is 9.78 Å². The molecule has 2 rings (SSSR count). The summed E-state index contributed by atoms with van der Waals surface area (Å²) in [6.07, 6.45) is 3.75. The van der Waals surface area contributed by atoms with Crippen molar-refractivity contribution in [2.45, 2.75) is 6.04 Å². The lowest BCUT2D eigenvalue weighted by atomic mass is 10.1. The SMILES string of the molecule is Cn1cc(C(N)c2cc(Br)cs2)cn1. The monoisotopic (exact) mass is 271 g/mol. The second-order valence-electron chi connectivity index (χ2n) is 3.09. The number of thiophene rings is 1. The molecule has 2 aromatic heterocycles. The maximum Gasteiger partial charge on any atom is 0.0677 e. The molecule has 1 unspecified atom stereocenters. The molecule has 0 bridgehead atoms. The molecule has 2 heterocycles. The zero-order chi connectivity index (χ0) is 10.1. The third kappa shape index (κ3) is 1.89. The van der Waals surface area contributed by atoms with Gasteiger partial charge in [0.2, 0.25) is 0 Å². The molecule has 0 radical (unpaired) electrons. The number of aromatic nitrogens is 2. The third-order valence-electron chi connectivity index (χ3n) is 1.98. The van der Waals surface area contributed by atoms with Crippen LogP contribution < -0.4 is 5.73 Å². The summed E-state index contributed by atoms with van der Waals surface area (Å²) in [5.74, 6) is 0. The number of nitrogens with two attached hydrogens (primary N) is 1. The van der Waals surface area contributed by atoms with Crippen LogP contribution in [-0.4, -0.2) is 9.78 Å². The van der Waals surface area contributed by atoms with E-state index < -0.39 is 0 Å². The van der Waals surface area contributed by atoms with Gasteiger partial charge >= 0.3 is 0 Å². The van der Waals surface area contributed by atoms with E-state index in [4.69, 9.17) is 5.73 Å². The van der Waals surface area contributed by atoms with Crippen molar-refractivity contribution < 1.29 is 0 Å². The molecule has 1 atom stereocenters. The van der Waals surface area contributed by atoms with Crippen molar-refractivity contribution in [1.29, 1.82) is 0 Å². The van der Waals surface area contributed by atoms with Crippen LogP contribution in [-0.2, 0) is 7.05 Å². The number of aryl methyl sites for hydroxylation is 1. The quantitative estimate of drug-likeness (QED) is 0.911. The normalized spacial score (nSPS) is 13.1. The number of halogens is 1. The van der Waals surface area contributed by atoms with Gasteiger partial charge in [-0.3, -0.25) is 4.68 Å². The van der Waals surface area contributed by atoms with Crippen molar-refractivity contribution in [3.63, 3.8) is 0 Å². The first-order valence-electron chi connectivity index (χ1n) is 4.15. The average Bonchev–Trinajstić information content (AvgIpc) is 2.73. The number of rotatable bonds is 2. The summed E-state index contributed by atoms with van der Waals surface area (Å²) in [7, 11) is 1.89. The minimum Gasteiger partial charge on any atom is -0.320 e. The fraction of sp³-hybridized carbons (Fsp3) is 0.222. The van der Waals surface area contributed by atoms with Crippen molar-refractivity contribution >= 4 is 27.3 Å². The van der Waals surface area contributed by atoms with E-state index in [-0.39, 0.29) is 6.04 Å². The van der Waals surface area contributed by atoms with Crippen LogP contribution in [0.1, 0.15) is 16.5 Å². The standard InChI is InChI=1S/C9H10BrN3S/c1-13-4-6(3-12-13)9(11)8-2-7(10)5-14-8/h2-5,9H,11H2,1H3. The molecule has 0 spiro atoms. The van der Waals surface area contributed by atoms with Crippen LogP contribution in [0, 0.1) is 0 Å². The van der Waals surface area contributed by atoms with Crippen LogP contribution in [0.15, 0.2) is 28.3 Å². The van der Waals surface area contributed by atoms with Gasteiger partial charge in [0.1, 0.15) is 0 Å². The van der Waals surface area contributed by atoms with Gasteiger partial charge in [0.25, 0.3) is 0 Å². The predicted molar refractivity (Wildman–Crippen MR) is 61.3 cm³/mol. The Bertz CT molecular complexity index is 394. The fourth-order valence-corrected chi connectivity index (χ4v) is 2.73. The van der Waals surface area contributed by atoms with E-state index in [1.807, 2.05) is 24.7 Å². The Morgan fingerprint density at radius 1 is 1.64 bits per heavy atom. The Hall–Kier alpha value is -0.650. The van der Waals surface area contributed by atoms with E-state index in [1.165, 1.54) is 0 Å². The molecule has 74 valence electrons. The molecule has 0 aliphatic carbocycles. The van der Waals surface area contributed by atoms with Gasteiger partial charge < -0.3 is 5.73 Å². The number of nitrogens with zero attached hydrogens (tertiary/aromatic N) is 2. The van der Waals surface area contributed by atoms with Crippen LogP contribution in [0.25, 0.3) is 0 Å². The highest BCUT2D eigenvalue weighted by molar-refractivity contribution is 9.10. The zero-order valence-electron chi connectivity index (χ0n) is 7.64. The van der Waals surface area contributed by atoms with Crippen LogP contribution in [0.4, 0.5) is 0 Å². The molecule has 0 amide bonds. The van der Waals surface area contributed by atoms with Crippen LogP contribution in [0.2, 0.25) is 0 Å². The Morgan fingerprint density at radius 2 is 2.43 bits per heavy atom. The Balaban J connectivity index is 2.28. The molecule has 2 aromatic rings. The van der Waals surface area contributed by atoms with Gasteiger partial charge in [-0.1, -0.05) is 0 Å². The fourth-order valence-electron chi connectivity index (χ4n) is 1.26. The van der Waals surface area contributed by atoms with E-state index in [0.29, 0.717) is 0 Å². The first-order valence-corrected chi connectivity index (χ1v) is 5.82. The summed E-state index contributed by atoms with van der Waals surface area (Å²) >= 11 is 5.07. The third-order valence-corrected chi connectivity index (χ3v) is 3.75. The van der Waals surface area contributed by atoms with Gasteiger partial charge in [0, 0.05) is 33.5 Å². The molecule has 0 fully saturated rings. The van der Waals surface area contributed by atoms with E-state index >= 15 is 0 Å². The number of hydrogen-bond acceptors (Lipinski definition) is 3. The van der Waals surface area contributed by atoms with Crippen molar-refractivity contribution in [3.8, 4) is 0 Å². The maximum atomic E-state index is 6.08. The topological polar surface area (TPSA) is 43.8 Å². The van der Waals surface area contributed by atoms with Crippen LogP contribution in [0.5, 0.6) is 0 Å². The Labute approximate surface area is 94.7 Å². The zero-order valence-corrected chi connectivity index (χ0v) is 10.0. The second-order valence-corrected chi connectivity index (χ2v) is 4.95. The van der Waals surface area contributed by atoms with Gasteiger partial charge in [-0.15, -0.1) is 11.3 Å². The highest BCUT2D eigenvalue weighted by Gasteiger charge is 2.12. The average molecular weight is 272 g/mol. The molecular formula is C9H10BrN3S. The van der Waals surface area contributed by atoms with Gasteiger partial charge in [-0.25, -0.2) is 0 Å². The highest BCUT2D eigenvalue weighted by atomic mass is 79.9. The van der Waals surface area contributed by atoms with Crippen LogP contribution in [0.3, 0.4) is 0 Å². The highest BCUT2D eigenvalue weighted by Crippen LogP contribution is 2.27. The molecule has 0 aromatic carbocycles. The molecule has 14 heavy (non-hydrogen) atoms. The van der Waals surface area contributed by atoms with Gasteiger partial charge in [0.05, 0.1) is 12.2 Å². The minimum atomic E-state index is -0.0694. The molecular weight excluding hydrogens is 262 g/mol. The molecule has 5 heteroatoms. The van der Waals surface area contributed by atoms with E-state index in [0.717, 1.165) is 14.9 Å². The first kappa shape index (κ1) is 9.89. The van der Waals surface area contributed by atoms with Crippen LogP contribution >= 0.6 is 27.3 Å². The Morgan fingerprint density at radius 3 is 2.93 bits per heavy atom. The van der Waals surface area contributed by atoms with Gasteiger partial charge in [0.15, 0.2) is 0 Å². The summed E-state index contributed by atoms with van der Waals surface area (Å²) in [5.41, 5.74) is 7.12. The molecule has 2 N–H and O–H groups in total. The van der Waals surface area contributed by atoms with E-state index in [1.54, 1.807) is 22.2 Å². The summed E-state index contributed by atoms with van der Waals surface area (Å²) in [6.45, 7) is 0. The van der Waals surface area contributed by atoms with Gasteiger partial charge in [-0.2, -0.15) is 5.10 Å². The molecule has 3 nitrogen and oxygen atoms in total. The summed E-state index contributed by atoms with van der Waals surface area (Å²) < 4.78 is 2.84. The predicted octanol–water partition coefficient (Wildman–Crippen LogP) is 2.29. The Kier molecular flexibility index (Phi) is 2.71. The summed E-state index contributed by atoms with van der Waals surface area (Å²) in [6, 6.07) is 1.97. The summed E-state index contributed by atoms with van der Waals surface area (Å²) in [4.78, 5) is 1.14. The van der Waals surface area contributed by atoms with Crippen molar-refractivity contribution in [2.75, 3.05) is 0 Å². The summed E-state index contributed by atoms with van der Waals surface area (Å²) in [5, 5.41) is 6.13. The largest absolute Gasteiger partial charge is 0.320 e. The molecule has 0 aliphatic rings. The smallest absolute Gasteiger partial charge is 0.0677 e. The second kappa shape index (κ2) is 3.84. The van der Waals surface area contributed by atoms with E-state index in [9.17, 15) is 0 Å². The van der Waals surface area contributed by atoms with E-state index in [2.05, 4.69) is 21.0 Å².